The van der Waals surface area contributed by atoms with Gasteiger partial charge in [-0.3, -0.25) is 0 Å². The summed E-state index contributed by atoms with van der Waals surface area (Å²) in [5.41, 5.74) is 2.18. The van der Waals surface area contributed by atoms with E-state index in [0.29, 0.717) is 12.5 Å². The fourth-order valence-corrected chi connectivity index (χ4v) is 2.24. The molecule has 0 saturated carbocycles. The number of para-hydroxylation sites is 2. The third kappa shape index (κ3) is 3.91. The van der Waals surface area contributed by atoms with Crippen molar-refractivity contribution in [3.63, 3.8) is 0 Å². The Morgan fingerprint density at radius 1 is 1.05 bits per heavy atom. The van der Waals surface area contributed by atoms with Gasteiger partial charge < -0.3 is 10.1 Å². The second kappa shape index (κ2) is 7.20. The van der Waals surface area contributed by atoms with E-state index in [1.807, 2.05) is 42.5 Å². The van der Waals surface area contributed by atoms with Crippen LogP contribution >= 0.6 is 11.6 Å². The van der Waals surface area contributed by atoms with E-state index in [0.717, 1.165) is 23.0 Å². The molecule has 0 fully saturated rings. The predicted octanol–water partition coefficient (Wildman–Crippen LogP) is 4.95. The summed E-state index contributed by atoms with van der Waals surface area (Å²) in [6.45, 7) is 5.67. The first-order valence-corrected chi connectivity index (χ1v) is 7.26. The van der Waals surface area contributed by atoms with E-state index in [9.17, 15) is 0 Å². The van der Waals surface area contributed by atoms with E-state index >= 15 is 0 Å². The number of hydrogen-bond donors (Lipinski definition) is 1. The van der Waals surface area contributed by atoms with Crippen molar-refractivity contribution in [1.29, 1.82) is 0 Å². The molecule has 2 aromatic rings. The first-order chi connectivity index (χ1) is 9.68. The fourth-order valence-electron chi connectivity index (χ4n) is 2.04. The lowest BCUT2D eigenvalue weighted by Gasteiger charge is -2.14. The summed E-state index contributed by atoms with van der Waals surface area (Å²) in [7, 11) is 0. The highest BCUT2D eigenvalue weighted by atomic mass is 35.5. The smallest absolute Gasteiger partial charge is 0.122 e. The van der Waals surface area contributed by atoms with Gasteiger partial charge in [0.2, 0.25) is 0 Å². The molecule has 2 rings (SSSR count). The summed E-state index contributed by atoms with van der Waals surface area (Å²) < 4.78 is 5.85. The largest absolute Gasteiger partial charge is 0.491 e. The van der Waals surface area contributed by atoms with Gasteiger partial charge in [-0.1, -0.05) is 55.8 Å². The Hall–Kier alpha value is -1.67. The molecule has 0 heterocycles. The molecular formula is C17H20ClNO. The second-order valence-corrected chi connectivity index (χ2v) is 5.35. The molecule has 0 aromatic heterocycles. The van der Waals surface area contributed by atoms with E-state index < -0.39 is 0 Å². The van der Waals surface area contributed by atoms with Crippen LogP contribution in [0.25, 0.3) is 0 Å². The summed E-state index contributed by atoms with van der Waals surface area (Å²) in [6, 6.07) is 15.9. The zero-order valence-electron chi connectivity index (χ0n) is 11.9. The van der Waals surface area contributed by atoms with Gasteiger partial charge in [-0.15, -0.1) is 0 Å². The Labute approximate surface area is 125 Å². The minimum absolute atomic E-state index is 0.461. The van der Waals surface area contributed by atoms with E-state index in [-0.39, 0.29) is 0 Å². The van der Waals surface area contributed by atoms with E-state index in [2.05, 4.69) is 25.2 Å². The van der Waals surface area contributed by atoms with Crippen molar-refractivity contribution in [3.05, 3.63) is 59.1 Å². The molecule has 0 bridgehead atoms. The zero-order chi connectivity index (χ0) is 14.4. The number of benzene rings is 2. The Morgan fingerprint density at radius 3 is 2.50 bits per heavy atom. The lowest BCUT2D eigenvalue weighted by Crippen LogP contribution is -2.12. The Balaban J connectivity index is 1.86. The lowest BCUT2D eigenvalue weighted by atomic mass is 10.0. The van der Waals surface area contributed by atoms with Crippen molar-refractivity contribution < 1.29 is 4.74 Å². The minimum Gasteiger partial charge on any atom is -0.491 e. The second-order valence-electron chi connectivity index (χ2n) is 4.95. The molecule has 2 aromatic carbocycles. The van der Waals surface area contributed by atoms with Crippen molar-refractivity contribution in [2.24, 2.45) is 0 Å². The maximum Gasteiger partial charge on any atom is 0.122 e. The zero-order valence-corrected chi connectivity index (χ0v) is 12.7. The summed E-state index contributed by atoms with van der Waals surface area (Å²) in [6.07, 6.45) is 0. The summed E-state index contributed by atoms with van der Waals surface area (Å²) in [4.78, 5) is 0. The Kier molecular flexibility index (Phi) is 5.31. The third-order valence-electron chi connectivity index (χ3n) is 3.09. The maximum atomic E-state index is 6.08. The van der Waals surface area contributed by atoms with Gasteiger partial charge >= 0.3 is 0 Å². The van der Waals surface area contributed by atoms with Crippen LogP contribution in [0.4, 0.5) is 5.69 Å². The number of hydrogen-bond acceptors (Lipinski definition) is 2. The monoisotopic (exact) mass is 289 g/mol. The van der Waals surface area contributed by atoms with Crippen LogP contribution in [0.3, 0.4) is 0 Å². The van der Waals surface area contributed by atoms with Gasteiger partial charge in [0.15, 0.2) is 0 Å². The van der Waals surface area contributed by atoms with Crippen molar-refractivity contribution >= 4 is 17.3 Å². The molecule has 0 aliphatic carbocycles. The first-order valence-electron chi connectivity index (χ1n) is 6.88. The molecule has 0 aliphatic rings. The quantitative estimate of drug-likeness (QED) is 0.759. The predicted molar refractivity (Wildman–Crippen MR) is 86.0 cm³/mol. The lowest BCUT2D eigenvalue weighted by molar-refractivity contribution is 0.328. The van der Waals surface area contributed by atoms with Gasteiger partial charge in [0.05, 0.1) is 10.7 Å². The van der Waals surface area contributed by atoms with Gasteiger partial charge in [-0.05, 0) is 29.7 Å². The van der Waals surface area contributed by atoms with Gasteiger partial charge in [0.25, 0.3) is 0 Å². The summed E-state index contributed by atoms with van der Waals surface area (Å²) >= 11 is 6.08. The molecule has 0 spiro atoms. The highest BCUT2D eigenvalue weighted by molar-refractivity contribution is 6.33. The molecule has 0 radical (unpaired) electrons. The van der Waals surface area contributed by atoms with Gasteiger partial charge in [0.1, 0.15) is 12.4 Å². The molecule has 20 heavy (non-hydrogen) atoms. The molecule has 0 atom stereocenters. The molecule has 1 N–H and O–H groups in total. The first kappa shape index (κ1) is 14.7. The number of ether oxygens (including phenoxy) is 1. The van der Waals surface area contributed by atoms with Crippen molar-refractivity contribution in [1.82, 2.24) is 0 Å². The van der Waals surface area contributed by atoms with Crippen LogP contribution in [0.15, 0.2) is 48.5 Å². The SMILES string of the molecule is CC(C)c1ccccc1OCCNc1ccccc1Cl. The van der Waals surface area contributed by atoms with Gasteiger partial charge in [-0.25, -0.2) is 0 Å². The third-order valence-corrected chi connectivity index (χ3v) is 3.42. The minimum atomic E-state index is 0.461. The number of nitrogens with one attached hydrogen (secondary N) is 1. The Bertz CT molecular complexity index is 554. The van der Waals surface area contributed by atoms with E-state index in [1.54, 1.807) is 0 Å². The molecule has 0 saturated heterocycles. The average molecular weight is 290 g/mol. The average Bonchev–Trinajstić information content (AvgIpc) is 2.45. The highest BCUT2D eigenvalue weighted by Gasteiger charge is 2.06. The van der Waals surface area contributed by atoms with Crippen molar-refractivity contribution in [2.75, 3.05) is 18.5 Å². The van der Waals surface area contributed by atoms with Crippen LogP contribution in [0.5, 0.6) is 5.75 Å². The Morgan fingerprint density at radius 2 is 1.75 bits per heavy atom. The highest BCUT2D eigenvalue weighted by Crippen LogP contribution is 2.26. The van der Waals surface area contributed by atoms with Crippen LogP contribution in [0.1, 0.15) is 25.3 Å². The number of halogens is 1. The summed E-state index contributed by atoms with van der Waals surface area (Å²) in [5.74, 6) is 1.42. The van der Waals surface area contributed by atoms with Gasteiger partial charge in [0, 0.05) is 6.54 Å². The molecule has 0 amide bonds. The number of rotatable bonds is 6. The van der Waals surface area contributed by atoms with Crippen LogP contribution < -0.4 is 10.1 Å². The van der Waals surface area contributed by atoms with Crippen molar-refractivity contribution in [2.45, 2.75) is 19.8 Å². The normalized spacial score (nSPS) is 10.6. The topological polar surface area (TPSA) is 21.3 Å². The molecular weight excluding hydrogens is 270 g/mol. The van der Waals surface area contributed by atoms with Crippen molar-refractivity contribution in [3.8, 4) is 5.75 Å². The van der Waals surface area contributed by atoms with Crippen LogP contribution in [-0.4, -0.2) is 13.2 Å². The standard InChI is InChI=1S/C17H20ClNO/c1-13(2)14-7-3-6-10-17(14)20-12-11-19-16-9-5-4-8-15(16)18/h3-10,13,19H,11-12H2,1-2H3. The summed E-state index contributed by atoms with van der Waals surface area (Å²) in [5, 5.41) is 4.01. The fraction of sp³-hybridized carbons (Fsp3) is 0.294. The molecule has 2 nitrogen and oxygen atoms in total. The van der Waals surface area contributed by atoms with Crippen LogP contribution in [-0.2, 0) is 0 Å². The van der Waals surface area contributed by atoms with Crippen LogP contribution in [0.2, 0.25) is 5.02 Å². The molecule has 3 heteroatoms. The van der Waals surface area contributed by atoms with E-state index in [4.69, 9.17) is 16.3 Å². The molecule has 106 valence electrons. The van der Waals surface area contributed by atoms with Crippen LogP contribution in [0, 0.1) is 0 Å². The van der Waals surface area contributed by atoms with Gasteiger partial charge in [-0.2, -0.15) is 0 Å². The maximum absolute atomic E-state index is 6.08. The number of anilines is 1. The molecule has 0 unspecified atom stereocenters. The molecule has 0 aliphatic heterocycles. The van der Waals surface area contributed by atoms with E-state index in [1.165, 1.54) is 5.56 Å².